The number of rotatable bonds is 4. The predicted octanol–water partition coefficient (Wildman–Crippen LogP) is 1.50. The first-order valence-electron chi connectivity index (χ1n) is 4.63. The lowest BCUT2D eigenvalue weighted by Gasteiger charge is -2.23. The van der Waals surface area contributed by atoms with Crippen LogP contribution in [0.1, 0.15) is 20.3 Å². The fourth-order valence-corrected chi connectivity index (χ4v) is 2.17. The highest BCUT2D eigenvalue weighted by Crippen LogP contribution is 2.64. The van der Waals surface area contributed by atoms with Crippen LogP contribution in [0.5, 0.6) is 0 Å². The molecule has 1 rings (SSSR count). The summed E-state index contributed by atoms with van der Waals surface area (Å²) in [5.41, 5.74) is -0.832. The average Bonchev–Trinajstić information content (AvgIpc) is 2.62. The summed E-state index contributed by atoms with van der Waals surface area (Å²) in [7, 11) is 0. The van der Waals surface area contributed by atoms with Gasteiger partial charge in [0.25, 0.3) is 0 Å². The third kappa shape index (κ3) is 2.21. The van der Waals surface area contributed by atoms with Crippen LogP contribution < -0.4 is 0 Å². The van der Waals surface area contributed by atoms with Crippen molar-refractivity contribution in [3.63, 3.8) is 0 Å². The van der Waals surface area contributed by atoms with Crippen molar-refractivity contribution in [1.29, 1.82) is 0 Å². The van der Waals surface area contributed by atoms with Gasteiger partial charge in [0.05, 0.1) is 5.41 Å². The average molecular weight is 254 g/mol. The second-order valence-electron chi connectivity index (χ2n) is 3.93. The molecule has 0 aromatic rings. The molecule has 1 unspecified atom stereocenters. The van der Waals surface area contributed by atoms with Crippen molar-refractivity contribution in [2.45, 2.75) is 24.6 Å². The molecule has 1 saturated carbocycles. The van der Waals surface area contributed by atoms with Crippen molar-refractivity contribution in [1.82, 2.24) is 4.90 Å². The number of amides is 1. The molecular formula is C9H13Cl2NO3. The lowest BCUT2D eigenvalue weighted by atomic mass is 10.1. The minimum Gasteiger partial charge on any atom is -0.480 e. The van der Waals surface area contributed by atoms with Crippen LogP contribution in [0.15, 0.2) is 0 Å². The molecule has 0 radical (unpaired) electrons. The summed E-state index contributed by atoms with van der Waals surface area (Å²) in [4.78, 5) is 23.7. The van der Waals surface area contributed by atoms with Crippen molar-refractivity contribution in [2.75, 3.05) is 13.1 Å². The summed E-state index contributed by atoms with van der Waals surface area (Å²) in [6, 6.07) is 0. The Hall–Kier alpha value is -0.480. The monoisotopic (exact) mass is 253 g/mol. The molecule has 86 valence electrons. The summed E-state index contributed by atoms with van der Waals surface area (Å²) in [6.45, 7) is 3.40. The molecule has 15 heavy (non-hydrogen) atoms. The molecule has 0 bridgehead atoms. The van der Waals surface area contributed by atoms with E-state index in [4.69, 9.17) is 28.3 Å². The summed E-state index contributed by atoms with van der Waals surface area (Å²) in [6.07, 6.45) is 0.373. The van der Waals surface area contributed by atoms with Crippen molar-refractivity contribution >= 4 is 35.1 Å². The Balaban J connectivity index is 2.71. The number of likely N-dealkylation sites (N-methyl/N-ethyl adjacent to an activating group) is 1. The molecule has 0 aliphatic heterocycles. The predicted molar refractivity (Wildman–Crippen MR) is 57.1 cm³/mol. The SMILES string of the molecule is CCN(CC(=O)O)C(=O)C1(C)CC1(Cl)Cl. The summed E-state index contributed by atoms with van der Waals surface area (Å²) in [5, 5.41) is 8.62. The molecule has 6 heteroatoms. The number of hydrogen-bond donors (Lipinski definition) is 1. The van der Waals surface area contributed by atoms with Gasteiger partial charge in [-0.25, -0.2) is 0 Å². The number of carbonyl (C=O) groups excluding carboxylic acids is 1. The topological polar surface area (TPSA) is 57.6 Å². The summed E-state index contributed by atoms with van der Waals surface area (Å²) >= 11 is 11.7. The number of aliphatic carboxylic acids is 1. The normalized spacial score (nSPS) is 27.2. The quantitative estimate of drug-likeness (QED) is 0.773. The van der Waals surface area contributed by atoms with Crippen LogP contribution in [0.3, 0.4) is 0 Å². The highest BCUT2D eigenvalue weighted by molar-refractivity contribution is 6.53. The molecule has 1 atom stereocenters. The molecule has 0 saturated heterocycles. The number of hydrogen-bond acceptors (Lipinski definition) is 2. The largest absolute Gasteiger partial charge is 0.480 e. The van der Waals surface area contributed by atoms with E-state index in [9.17, 15) is 9.59 Å². The lowest BCUT2D eigenvalue weighted by Crippen LogP contribution is -2.41. The number of alkyl halides is 2. The van der Waals surface area contributed by atoms with Gasteiger partial charge in [-0.2, -0.15) is 0 Å². The number of carbonyl (C=O) groups is 2. The van der Waals surface area contributed by atoms with Crippen LogP contribution in [-0.4, -0.2) is 39.3 Å². The van der Waals surface area contributed by atoms with E-state index in [-0.39, 0.29) is 12.5 Å². The van der Waals surface area contributed by atoms with Crippen molar-refractivity contribution in [2.24, 2.45) is 5.41 Å². The van der Waals surface area contributed by atoms with Gasteiger partial charge in [-0.05, 0) is 20.3 Å². The third-order valence-corrected chi connectivity index (χ3v) is 3.83. The minimum absolute atomic E-state index is 0.294. The van der Waals surface area contributed by atoms with Gasteiger partial charge in [-0.3, -0.25) is 9.59 Å². The van der Waals surface area contributed by atoms with E-state index < -0.39 is 15.7 Å². The van der Waals surface area contributed by atoms with Crippen LogP contribution in [-0.2, 0) is 9.59 Å². The third-order valence-electron chi connectivity index (χ3n) is 2.72. The second kappa shape index (κ2) is 3.83. The van der Waals surface area contributed by atoms with Gasteiger partial charge in [0.15, 0.2) is 0 Å². The minimum atomic E-state index is -1.05. The van der Waals surface area contributed by atoms with Gasteiger partial charge in [-0.15, -0.1) is 23.2 Å². The first-order valence-corrected chi connectivity index (χ1v) is 5.39. The highest BCUT2D eigenvalue weighted by Gasteiger charge is 2.68. The smallest absolute Gasteiger partial charge is 0.323 e. The molecule has 0 aromatic heterocycles. The zero-order chi connectivity index (χ0) is 11.9. The van der Waals surface area contributed by atoms with E-state index in [0.29, 0.717) is 13.0 Å². The maximum atomic E-state index is 11.9. The fraction of sp³-hybridized carbons (Fsp3) is 0.778. The van der Waals surface area contributed by atoms with Crippen molar-refractivity contribution in [3.05, 3.63) is 0 Å². The van der Waals surface area contributed by atoms with Crippen molar-refractivity contribution in [3.8, 4) is 0 Å². The van der Waals surface area contributed by atoms with Crippen LogP contribution in [0.25, 0.3) is 0 Å². The van der Waals surface area contributed by atoms with Gasteiger partial charge in [0.2, 0.25) is 5.91 Å². The molecule has 1 aliphatic carbocycles. The maximum absolute atomic E-state index is 11.9. The zero-order valence-corrected chi connectivity index (χ0v) is 10.1. The van der Waals surface area contributed by atoms with Gasteiger partial charge in [-0.1, -0.05) is 0 Å². The molecular weight excluding hydrogens is 241 g/mol. The van der Waals surface area contributed by atoms with E-state index in [2.05, 4.69) is 0 Å². The number of halogens is 2. The summed E-state index contributed by atoms with van der Waals surface area (Å²) in [5.74, 6) is -1.33. The first kappa shape index (κ1) is 12.6. The summed E-state index contributed by atoms with van der Waals surface area (Å²) < 4.78 is -1.05. The Kier molecular flexibility index (Phi) is 3.22. The second-order valence-corrected chi connectivity index (χ2v) is 5.41. The molecule has 1 N–H and O–H groups in total. The Morgan fingerprint density at radius 2 is 1.93 bits per heavy atom. The van der Waals surface area contributed by atoms with Gasteiger partial charge in [0, 0.05) is 6.54 Å². The van der Waals surface area contributed by atoms with Crippen LogP contribution in [0, 0.1) is 5.41 Å². The molecule has 0 aromatic carbocycles. The van der Waals surface area contributed by atoms with E-state index in [0.717, 1.165) is 0 Å². The van der Waals surface area contributed by atoms with Gasteiger partial charge >= 0.3 is 5.97 Å². The van der Waals surface area contributed by atoms with E-state index in [1.54, 1.807) is 13.8 Å². The highest BCUT2D eigenvalue weighted by atomic mass is 35.5. The van der Waals surface area contributed by atoms with Crippen LogP contribution in [0.2, 0.25) is 0 Å². The van der Waals surface area contributed by atoms with Gasteiger partial charge in [0.1, 0.15) is 10.9 Å². The van der Waals surface area contributed by atoms with Crippen LogP contribution in [0.4, 0.5) is 0 Å². The Morgan fingerprint density at radius 1 is 1.47 bits per heavy atom. The molecule has 1 amide bonds. The van der Waals surface area contributed by atoms with E-state index in [1.165, 1.54) is 4.90 Å². The van der Waals surface area contributed by atoms with Gasteiger partial charge < -0.3 is 10.0 Å². The lowest BCUT2D eigenvalue weighted by molar-refractivity contribution is -0.146. The molecule has 1 fully saturated rings. The number of carboxylic acid groups (broad SMARTS) is 1. The first-order chi connectivity index (χ1) is 6.74. The Morgan fingerprint density at radius 3 is 2.20 bits per heavy atom. The molecule has 1 aliphatic rings. The standard InChI is InChI=1S/C9H13Cl2NO3/c1-3-12(4-6(13)14)7(15)8(2)5-9(8,10)11/h3-5H2,1-2H3,(H,13,14). The Labute approximate surface area is 98.1 Å². The fourth-order valence-electron chi connectivity index (χ4n) is 1.47. The Bertz CT molecular complexity index is 306. The van der Waals surface area contributed by atoms with E-state index >= 15 is 0 Å². The van der Waals surface area contributed by atoms with Crippen LogP contribution >= 0.6 is 23.2 Å². The zero-order valence-electron chi connectivity index (χ0n) is 8.59. The molecule has 0 spiro atoms. The molecule has 0 heterocycles. The number of carboxylic acids is 1. The maximum Gasteiger partial charge on any atom is 0.323 e. The van der Waals surface area contributed by atoms with E-state index in [1.807, 2.05) is 0 Å². The number of nitrogens with zero attached hydrogens (tertiary/aromatic N) is 1. The molecule has 4 nitrogen and oxygen atoms in total. The van der Waals surface area contributed by atoms with Crippen molar-refractivity contribution < 1.29 is 14.7 Å².